The standard InChI is InChI=1S/C13H17NO4S/c1-2-8-7-9(13(16)17)12(19-8)14-11(15)10-5-3-4-6-18-10/h7,10H,2-6H2,1H3,(H,14,15)(H,16,17). The Hall–Kier alpha value is -1.40. The summed E-state index contributed by atoms with van der Waals surface area (Å²) in [6.45, 7) is 2.54. The second-order valence-corrected chi connectivity index (χ2v) is 5.60. The molecule has 1 unspecified atom stereocenters. The minimum Gasteiger partial charge on any atom is -0.478 e. The van der Waals surface area contributed by atoms with Crippen LogP contribution in [-0.4, -0.2) is 29.7 Å². The van der Waals surface area contributed by atoms with Crippen LogP contribution in [0.1, 0.15) is 41.4 Å². The zero-order valence-corrected chi connectivity index (χ0v) is 11.6. The van der Waals surface area contributed by atoms with Gasteiger partial charge in [-0.1, -0.05) is 6.92 Å². The van der Waals surface area contributed by atoms with Crippen LogP contribution in [0.4, 0.5) is 5.00 Å². The van der Waals surface area contributed by atoms with Gasteiger partial charge >= 0.3 is 5.97 Å². The fourth-order valence-corrected chi connectivity index (χ4v) is 3.00. The predicted molar refractivity (Wildman–Crippen MR) is 72.9 cm³/mol. The first-order chi connectivity index (χ1) is 9.11. The first-order valence-electron chi connectivity index (χ1n) is 6.40. The predicted octanol–water partition coefficient (Wildman–Crippen LogP) is 2.52. The zero-order valence-electron chi connectivity index (χ0n) is 10.8. The van der Waals surface area contributed by atoms with Gasteiger partial charge in [0, 0.05) is 11.5 Å². The quantitative estimate of drug-likeness (QED) is 0.890. The minimum absolute atomic E-state index is 0.158. The number of aryl methyl sites for hydroxylation is 1. The van der Waals surface area contributed by atoms with Crippen LogP contribution < -0.4 is 5.32 Å². The number of carbonyl (C=O) groups is 2. The fraction of sp³-hybridized carbons (Fsp3) is 0.538. The van der Waals surface area contributed by atoms with E-state index >= 15 is 0 Å². The molecule has 0 aromatic carbocycles. The summed E-state index contributed by atoms with van der Waals surface area (Å²) in [5.41, 5.74) is 0.158. The lowest BCUT2D eigenvalue weighted by atomic mass is 10.1. The van der Waals surface area contributed by atoms with Crippen LogP contribution in [-0.2, 0) is 16.0 Å². The van der Waals surface area contributed by atoms with Gasteiger partial charge < -0.3 is 15.2 Å². The Morgan fingerprint density at radius 2 is 2.32 bits per heavy atom. The molecular formula is C13H17NO4S. The van der Waals surface area contributed by atoms with Gasteiger partial charge in [-0.15, -0.1) is 11.3 Å². The molecule has 19 heavy (non-hydrogen) atoms. The highest BCUT2D eigenvalue weighted by molar-refractivity contribution is 7.16. The number of hydrogen-bond donors (Lipinski definition) is 2. The van der Waals surface area contributed by atoms with Gasteiger partial charge in [-0.3, -0.25) is 4.79 Å². The Bertz CT molecular complexity index is 477. The molecule has 6 heteroatoms. The maximum atomic E-state index is 12.0. The molecule has 2 rings (SSSR count). The highest BCUT2D eigenvalue weighted by Crippen LogP contribution is 2.29. The molecule has 1 aromatic heterocycles. The van der Waals surface area contributed by atoms with Crippen LogP contribution in [0.5, 0.6) is 0 Å². The molecular weight excluding hydrogens is 266 g/mol. The number of nitrogens with one attached hydrogen (secondary N) is 1. The molecule has 0 saturated carbocycles. The third-order valence-electron chi connectivity index (χ3n) is 3.07. The average molecular weight is 283 g/mol. The van der Waals surface area contributed by atoms with Crippen LogP contribution in [0.25, 0.3) is 0 Å². The molecule has 0 radical (unpaired) electrons. The summed E-state index contributed by atoms with van der Waals surface area (Å²) in [6, 6.07) is 1.62. The Labute approximate surface area is 115 Å². The van der Waals surface area contributed by atoms with E-state index in [9.17, 15) is 9.59 Å². The molecule has 1 aliphatic heterocycles. The first kappa shape index (κ1) is 14.0. The van der Waals surface area contributed by atoms with Crippen molar-refractivity contribution in [2.75, 3.05) is 11.9 Å². The second-order valence-electron chi connectivity index (χ2n) is 4.46. The molecule has 0 aliphatic carbocycles. The molecule has 1 amide bonds. The van der Waals surface area contributed by atoms with Gasteiger partial charge in [0.2, 0.25) is 0 Å². The third kappa shape index (κ3) is 3.33. The van der Waals surface area contributed by atoms with Gasteiger partial charge in [0.1, 0.15) is 11.1 Å². The van der Waals surface area contributed by atoms with Gasteiger partial charge in [0.15, 0.2) is 0 Å². The zero-order chi connectivity index (χ0) is 13.8. The lowest BCUT2D eigenvalue weighted by molar-refractivity contribution is -0.129. The number of carbonyl (C=O) groups excluding carboxylic acids is 1. The van der Waals surface area contributed by atoms with E-state index in [1.54, 1.807) is 6.07 Å². The largest absolute Gasteiger partial charge is 0.478 e. The van der Waals surface area contributed by atoms with Crippen molar-refractivity contribution >= 4 is 28.2 Å². The molecule has 0 spiro atoms. The summed E-state index contributed by atoms with van der Waals surface area (Å²) in [6.07, 6.45) is 2.93. The lowest BCUT2D eigenvalue weighted by Crippen LogP contribution is -2.33. The molecule has 1 atom stereocenters. The molecule has 2 N–H and O–H groups in total. The van der Waals surface area contributed by atoms with Crippen molar-refractivity contribution in [3.63, 3.8) is 0 Å². The van der Waals surface area contributed by atoms with Crippen molar-refractivity contribution in [2.45, 2.75) is 38.7 Å². The summed E-state index contributed by atoms with van der Waals surface area (Å²) < 4.78 is 5.39. The Morgan fingerprint density at radius 3 is 2.89 bits per heavy atom. The van der Waals surface area contributed by atoms with Crippen molar-refractivity contribution in [3.05, 3.63) is 16.5 Å². The molecule has 1 saturated heterocycles. The number of aromatic carboxylic acids is 1. The van der Waals surface area contributed by atoms with Crippen LogP contribution in [0, 0.1) is 0 Å². The first-order valence-corrected chi connectivity index (χ1v) is 7.22. The average Bonchev–Trinajstić information content (AvgIpc) is 2.83. The highest BCUT2D eigenvalue weighted by Gasteiger charge is 2.24. The Kier molecular flexibility index (Phi) is 4.55. The number of thiophene rings is 1. The summed E-state index contributed by atoms with van der Waals surface area (Å²) in [5.74, 6) is -1.26. The van der Waals surface area contributed by atoms with Crippen LogP contribution in [0.3, 0.4) is 0 Å². The number of rotatable bonds is 4. The van der Waals surface area contributed by atoms with Crippen molar-refractivity contribution < 1.29 is 19.4 Å². The second kappa shape index (κ2) is 6.16. The molecule has 0 bridgehead atoms. The summed E-state index contributed by atoms with van der Waals surface area (Å²) >= 11 is 1.31. The maximum absolute atomic E-state index is 12.0. The smallest absolute Gasteiger partial charge is 0.338 e. The van der Waals surface area contributed by atoms with E-state index in [2.05, 4.69) is 5.32 Å². The van der Waals surface area contributed by atoms with Gasteiger partial charge in [-0.2, -0.15) is 0 Å². The lowest BCUT2D eigenvalue weighted by Gasteiger charge is -2.21. The number of carboxylic acids is 1. The SMILES string of the molecule is CCc1cc(C(=O)O)c(NC(=O)C2CCCCO2)s1. The summed E-state index contributed by atoms with van der Waals surface area (Å²) in [5, 5.41) is 12.2. The van der Waals surface area contributed by atoms with Gasteiger partial charge in [-0.05, 0) is 31.7 Å². The monoisotopic (exact) mass is 283 g/mol. The van der Waals surface area contributed by atoms with E-state index in [1.807, 2.05) is 6.92 Å². The van der Waals surface area contributed by atoms with E-state index in [4.69, 9.17) is 9.84 Å². The van der Waals surface area contributed by atoms with Gasteiger partial charge in [0.25, 0.3) is 5.91 Å². The fourth-order valence-electron chi connectivity index (χ4n) is 2.01. The highest BCUT2D eigenvalue weighted by atomic mass is 32.1. The van der Waals surface area contributed by atoms with E-state index in [-0.39, 0.29) is 11.5 Å². The normalized spacial score (nSPS) is 19.1. The van der Waals surface area contributed by atoms with Crippen LogP contribution in [0.15, 0.2) is 6.07 Å². The molecule has 1 fully saturated rings. The number of hydrogen-bond acceptors (Lipinski definition) is 4. The number of carboxylic acid groups (broad SMARTS) is 1. The minimum atomic E-state index is -1.02. The number of anilines is 1. The molecule has 5 nitrogen and oxygen atoms in total. The van der Waals surface area contributed by atoms with E-state index < -0.39 is 12.1 Å². The van der Waals surface area contributed by atoms with Crippen LogP contribution in [0.2, 0.25) is 0 Å². The topological polar surface area (TPSA) is 75.6 Å². The number of ether oxygens (including phenoxy) is 1. The molecule has 1 aromatic rings. The van der Waals surface area contributed by atoms with Gasteiger partial charge in [0.05, 0.1) is 5.56 Å². The molecule has 2 heterocycles. The molecule has 1 aliphatic rings. The van der Waals surface area contributed by atoms with Crippen molar-refractivity contribution in [2.24, 2.45) is 0 Å². The van der Waals surface area contributed by atoms with Gasteiger partial charge in [-0.25, -0.2) is 4.79 Å². The van der Waals surface area contributed by atoms with Crippen molar-refractivity contribution in [1.82, 2.24) is 0 Å². The van der Waals surface area contributed by atoms with E-state index in [1.165, 1.54) is 11.3 Å². The molecule has 104 valence electrons. The summed E-state index contributed by atoms with van der Waals surface area (Å²) in [7, 11) is 0. The Balaban J connectivity index is 2.10. The Morgan fingerprint density at radius 1 is 1.53 bits per heavy atom. The third-order valence-corrected chi connectivity index (χ3v) is 4.27. The van der Waals surface area contributed by atoms with E-state index in [0.29, 0.717) is 18.0 Å². The summed E-state index contributed by atoms with van der Waals surface area (Å²) in [4.78, 5) is 24.1. The van der Waals surface area contributed by atoms with Crippen molar-refractivity contribution in [3.8, 4) is 0 Å². The maximum Gasteiger partial charge on any atom is 0.338 e. The van der Waals surface area contributed by atoms with Crippen molar-refractivity contribution in [1.29, 1.82) is 0 Å². The van der Waals surface area contributed by atoms with E-state index in [0.717, 1.165) is 24.1 Å². The number of amides is 1. The van der Waals surface area contributed by atoms with Crippen LogP contribution >= 0.6 is 11.3 Å².